The zero-order valence-corrected chi connectivity index (χ0v) is 9.19. The first-order valence-corrected chi connectivity index (χ1v) is 4.82. The van der Waals surface area contributed by atoms with Crippen LogP contribution >= 0.6 is 0 Å². The van der Waals surface area contributed by atoms with Crippen molar-refractivity contribution >= 4 is 17.5 Å². The average Bonchev–Trinajstić information content (AvgIpc) is 2.20. The quantitative estimate of drug-likeness (QED) is 0.794. The van der Waals surface area contributed by atoms with E-state index >= 15 is 0 Å². The van der Waals surface area contributed by atoms with Crippen LogP contribution in [0, 0.1) is 0 Å². The summed E-state index contributed by atoms with van der Waals surface area (Å²) in [7, 11) is 0. The van der Waals surface area contributed by atoms with Gasteiger partial charge in [0.25, 0.3) is 5.91 Å². The maximum atomic E-state index is 10.8. The third-order valence-corrected chi connectivity index (χ3v) is 1.89. The van der Waals surface area contributed by atoms with E-state index in [1.54, 1.807) is 31.2 Å². The van der Waals surface area contributed by atoms with Crippen LogP contribution in [0.2, 0.25) is 0 Å². The molecular formula is C11H14N2O3. The molecular weight excluding hydrogens is 208 g/mol. The monoisotopic (exact) mass is 222 g/mol. The summed E-state index contributed by atoms with van der Waals surface area (Å²) in [6.45, 7) is 3.00. The lowest BCUT2D eigenvalue weighted by atomic mass is 10.3. The molecule has 1 aromatic carbocycles. The maximum absolute atomic E-state index is 10.8. The fourth-order valence-corrected chi connectivity index (χ4v) is 1.08. The molecule has 0 saturated heterocycles. The number of carbonyl (C=O) groups is 2. The van der Waals surface area contributed by atoms with E-state index in [1.165, 1.54) is 6.92 Å². The summed E-state index contributed by atoms with van der Waals surface area (Å²) < 4.78 is 5.25. The lowest BCUT2D eigenvalue weighted by Gasteiger charge is -2.11. The Morgan fingerprint density at radius 1 is 1.31 bits per heavy atom. The molecule has 0 bridgehead atoms. The van der Waals surface area contributed by atoms with Gasteiger partial charge in [-0.05, 0) is 31.2 Å². The molecule has 5 nitrogen and oxygen atoms in total. The van der Waals surface area contributed by atoms with Crippen molar-refractivity contribution in [3.05, 3.63) is 24.3 Å². The largest absolute Gasteiger partial charge is 0.481 e. The minimum absolute atomic E-state index is 0.140. The Kier molecular flexibility index (Phi) is 3.88. The van der Waals surface area contributed by atoms with Crippen LogP contribution in [-0.2, 0) is 9.59 Å². The molecule has 0 saturated carbocycles. The van der Waals surface area contributed by atoms with Gasteiger partial charge in [-0.3, -0.25) is 9.59 Å². The predicted octanol–water partition coefficient (Wildman–Crippen LogP) is 0.898. The number of ether oxygens (including phenoxy) is 1. The van der Waals surface area contributed by atoms with Crippen LogP contribution in [-0.4, -0.2) is 17.9 Å². The Balaban J connectivity index is 2.64. The highest BCUT2D eigenvalue weighted by Gasteiger charge is 2.09. The number of hydrogen-bond acceptors (Lipinski definition) is 3. The minimum atomic E-state index is -0.674. The molecule has 5 heteroatoms. The third kappa shape index (κ3) is 3.61. The number of benzene rings is 1. The summed E-state index contributed by atoms with van der Waals surface area (Å²) in [5.41, 5.74) is 5.73. The van der Waals surface area contributed by atoms with E-state index in [0.29, 0.717) is 11.4 Å². The normalized spacial score (nSPS) is 11.6. The van der Waals surface area contributed by atoms with Crippen molar-refractivity contribution in [3.63, 3.8) is 0 Å². The van der Waals surface area contributed by atoms with Crippen molar-refractivity contribution in [2.45, 2.75) is 20.0 Å². The zero-order valence-electron chi connectivity index (χ0n) is 9.19. The van der Waals surface area contributed by atoms with Crippen molar-refractivity contribution < 1.29 is 14.3 Å². The van der Waals surface area contributed by atoms with Gasteiger partial charge < -0.3 is 15.8 Å². The molecule has 0 radical (unpaired) electrons. The van der Waals surface area contributed by atoms with Gasteiger partial charge in [0.2, 0.25) is 5.91 Å². The number of nitrogens with one attached hydrogen (secondary N) is 1. The molecule has 3 N–H and O–H groups in total. The van der Waals surface area contributed by atoms with Crippen molar-refractivity contribution in [3.8, 4) is 5.75 Å². The van der Waals surface area contributed by atoms with E-state index in [1.807, 2.05) is 0 Å². The van der Waals surface area contributed by atoms with Crippen LogP contribution in [0.3, 0.4) is 0 Å². The Labute approximate surface area is 93.6 Å². The van der Waals surface area contributed by atoms with Gasteiger partial charge in [0.1, 0.15) is 5.75 Å². The molecule has 0 aromatic heterocycles. The Hall–Kier alpha value is -2.04. The van der Waals surface area contributed by atoms with Crippen molar-refractivity contribution in [2.24, 2.45) is 5.73 Å². The molecule has 0 fully saturated rings. The average molecular weight is 222 g/mol. The summed E-state index contributed by atoms with van der Waals surface area (Å²) in [4.78, 5) is 21.5. The highest BCUT2D eigenvalue weighted by Crippen LogP contribution is 2.16. The van der Waals surface area contributed by atoms with Gasteiger partial charge in [-0.15, -0.1) is 0 Å². The maximum Gasteiger partial charge on any atom is 0.258 e. The number of carbonyl (C=O) groups excluding carboxylic acids is 2. The first kappa shape index (κ1) is 12.0. The molecule has 0 aliphatic rings. The van der Waals surface area contributed by atoms with Crippen LogP contribution in [0.5, 0.6) is 5.75 Å². The van der Waals surface area contributed by atoms with Crippen LogP contribution < -0.4 is 15.8 Å². The second-order valence-corrected chi connectivity index (χ2v) is 3.37. The smallest absolute Gasteiger partial charge is 0.258 e. The van der Waals surface area contributed by atoms with Crippen LogP contribution in [0.4, 0.5) is 5.69 Å². The molecule has 0 heterocycles. The summed E-state index contributed by atoms with van der Waals surface area (Å²) in [6.07, 6.45) is -0.674. The first-order valence-electron chi connectivity index (χ1n) is 4.82. The SMILES string of the molecule is CC(=O)Nc1ccc(OC(C)C(N)=O)cc1. The first-order chi connectivity index (χ1) is 7.49. The molecule has 86 valence electrons. The molecule has 0 spiro atoms. The Bertz CT molecular complexity index is 387. The van der Waals surface area contributed by atoms with Crippen molar-refractivity contribution in [1.29, 1.82) is 0 Å². The minimum Gasteiger partial charge on any atom is -0.481 e. The lowest BCUT2D eigenvalue weighted by Crippen LogP contribution is -2.30. The molecule has 16 heavy (non-hydrogen) atoms. The summed E-state index contributed by atoms with van der Waals surface area (Å²) in [5.74, 6) is -0.134. The molecule has 0 aliphatic heterocycles. The second-order valence-electron chi connectivity index (χ2n) is 3.37. The van der Waals surface area contributed by atoms with Gasteiger partial charge in [0, 0.05) is 12.6 Å². The number of rotatable bonds is 4. The fourth-order valence-electron chi connectivity index (χ4n) is 1.08. The highest BCUT2D eigenvalue weighted by molar-refractivity contribution is 5.88. The lowest BCUT2D eigenvalue weighted by molar-refractivity contribution is -0.124. The van der Waals surface area contributed by atoms with Gasteiger partial charge >= 0.3 is 0 Å². The van der Waals surface area contributed by atoms with Gasteiger partial charge in [0.05, 0.1) is 0 Å². The molecule has 2 amide bonds. The van der Waals surface area contributed by atoms with Crippen LogP contribution in [0.1, 0.15) is 13.8 Å². The standard InChI is InChI=1S/C11H14N2O3/c1-7(11(12)15)16-10-5-3-9(4-6-10)13-8(2)14/h3-7H,1-2H3,(H2,12,15)(H,13,14). The molecule has 1 aromatic rings. The van der Waals surface area contributed by atoms with E-state index in [0.717, 1.165) is 0 Å². The topological polar surface area (TPSA) is 81.4 Å². The van der Waals surface area contributed by atoms with Gasteiger partial charge in [-0.2, -0.15) is 0 Å². The van der Waals surface area contributed by atoms with E-state index in [4.69, 9.17) is 10.5 Å². The Morgan fingerprint density at radius 2 is 1.88 bits per heavy atom. The summed E-state index contributed by atoms with van der Waals surface area (Å²) in [6, 6.07) is 6.68. The molecule has 1 unspecified atom stereocenters. The molecule has 0 aliphatic carbocycles. The van der Waals surface area contributed by atoms with Gasteiger partial charge in [-0.1, -0.05) is 0 Å². The number of anilines is 1. The van der Waals surface area contributed by atoms with E-state index in [-0.39, 0.29) is 5.91 Å². The summed E-state index contributed by atoms with van der Waals surface area (Å²) >= 11 is 0. The van der Waals surface area contributed by atoms with Gasteiger partial charge in [0.15, 0.2) is 6.10 Å². The number of nitrogens with two attached hydrogens (primary N) is 1. The van der Waals surface area contributed by atoms with Crippen LogP contribution in [0.15, 0.2) is 24.3 Å². The van der Waals surface area contributed by atoms with Gasteiger partial charge in [-0.25, -0.2) is 0 Å². The van der Waals surface area contributed by atoms with E-state index in [2.05, 4.69) is 5.32 Å². The summed E-state index contributed by atoms with van der Waals surface area (Å²) in [5, 5.41) is 2.62. The molecule has 1 atom stereocenters. The van der Waals surface area contributed by atoms with Crippen molar-refractivity contribution in [1.82, 2.24) is 0 Å². The Morgan fingerprint density at radius 3 is 2.31 bits per heavy atom. The van der Waals surface area contributed by atoms with E-state index < -0.39 is 12.0 Å². The third-order valence-electron chi connectivity index (χ3n) is 1.89. The number of hydrogen-bond donors (Lipinski definition) is 2. The molecule has 1 rings (SSSR count). The second kappa shape index (κ2) is 5.16. The van der Waals surface area contributed by atoms with Crippen molar-refractivity contribution in [2.75, 3.05) is 5.32 Å². The predicted molar refractivity (Wildman–Crippen MR) is 60.0 cm³/mol. The highest BCUT2D eigenvalue weighted by atomic mass is 16.5. The van der Waals surface area contributed by atoms with E-state index in [9.17, 15) is 9.59 Å². The zero-order chi connectivity index (χ0) is 12.1. The number of amides is 2. The van der Waals surface area contributed by atoms with Crippen LogP contribution in [0.25, 0.3) is 0 Å². The number of primary amides is 1. The fraction of sp³-hybridized carbons (Fsp3) is 0.273.